The molecule has 3 heteroatoms. The van der Waals surface area contributed by atoms with Crippen LogP contribution in [-0.2, 0) is 0 Å². The Kier molecular flexibility index (Phi) is 5.05. The third kappa shape index (κ3) is 3.46. The minimum absolute atomic E-state index is 0.249. The van der Waals surface area contributed by atoms with Gasteiger partial charge in [-0.1, -0.05) is 13.0 Å². The van der Waals surface area contributed by atoms with E-state index >= 15 is 0 Å². The zero-order valence-corrected chi connectivity index (χ0v) is 8.81. The first-order chi connectivity index (χ1) is 6.38. The van der Waals surface area contributed by atoms with Crippen molar-refractivity contribution < 1.29 is 5.11 Å². The highest BCUT2D eigenvalue weighted by atomic mass is 32.1. The van der Waals surface area contributed by atoms with Crippen molar-refractivity contribution in [3.05, 3.63) is 22.4 Å². The van der Waals surface area contributed by atoms with Gasteiger partial charge in [0.2, 0.25) is 0 Å². The van der Waals surface area contributed by atoms with Crippen molar-refractivity contribution in [1.82, 2.24) is 5.32 Å². The van der Waals surface area contributed by atoms with E-state index in [4.69, 9.17) is 5.11 Å². The van der Waals surface area contributed by atoms with Gasteiger partial charge in [-0.25, -0.2) is 0 Å². The second kappa shape index (κ2) is 6.13. The Morgan fingerprint density at radius 3 is 3.00 bits per heavy atom. The second-order valence-electron chi connectivity index (χ2n) is 3.03. The van der Waals surface area contributed by atoms with Crippen LogP contribution in [0.4, 0.5) is 0 Å². The summed E-state index contributed by atoms with van der Waals surface area (Å²) in [5, 5.41) is 14.4. The zero-order chi connectivity index (χ0) is 9.52. The van der Waals surface area contributed by atoms with Crippen LogP contribution in [0.3, 0.4) is 0 Å². The molecule has 0 bridgehead atoms. The van der Waals surface area contributed by atoms with Crippen molar-refractivity contribution in [3.8, 4) is 0 Å². The molecule has 1 unspecified atom stereocenters. The Labute approximate surface area is 83.6 Å². The van der Waals surface area contributed by atoms with Crippen molar-refractivity contribution in [1.29, 1.82) is 0 Å². The quantitative estimate of drug-likeness (QED) is 0.736. The minimum Gasteiger partial charge on any atom is -0.396 e. The molecule has 0 aliphatic carbocycles. The van der Waals surface area contributed by atoms with Crippen LogP contribution >= 0.6 is 11.3 Å². The topological polar surface area (TPSA) is 32.3 Å². The van der Waals surface area contributed by atoms with Gasteiger partial charge in [-0.05, 0) is 30.8 Å². The van der Waals surface area contributed by atoms with E-state index in [-0.39, 0.29) is 6.61 Å². The largest absolute Gasteiger partial charge is 0.396 e. The molecule has 1 atom stereocenters. The second-order valence-corrected chi connectivity index (χ2v) is 4.01. The van der Waals surface area contributed by atoms with Crippen LogP contribution < -0.4 is 5.32 Å². The molecule has 2 N–H and O–H groups in total. The Bertz CT molecular complexity index is 211. The lowest BCUT2D eigenvalue weighted by Gasteiger charge is -2.15. The standard InChI is InChI=1S/C10H17NOS/c1-2-6-11-9(5-7-12)10-4-3-8-13-10/h3-4,8-9,11-12H,2,5-7H2,1H3. The van der Waals surface area contributed by atoms with E-state index in [0.717, 1.165) is 19.4 Å². The summed E-state index contributed by atoms with van der Waals surface area (Å²) in [4.78, 5) is 1.32. The summed E-state index contributed by atoms with van der Waals surface area (Å²) < 4.78 is 0. The summed E-state index contributed by atoms with van der Waals surface area (Å²) in [6, 6.07) is 4.51. The first-order valence-electron chi connectivity index (χ1n) is 4.76. The number of rotatable bonds is 6. The maximum atomic E-state index is 8.90. The molecule has 13 heavy (non-hydrogen) atoms. The number of hydrogen-bond donors (Lipinski definition) is 2. The Morgan fingerprint density at radius 1 is 1.62 bits per heavy atom. The van der Waals surface area contributed by atoms with Crippen molar-refractivity contribution in [3.63, 3.8) is 0 Å². The van der Waals surface area contributed by atoms with Gasteiger partial charge in [0.15, 0.2) is 0 Å². The lowest BCUT2D eigenvalue weighted by molar-refractivity contribution is 0.266. The smallest absolute Gasteiger partial charge is 0.0449 e. The average molecular weight is 199 g/mol. The molecule has 1 rings (SSSR count). The number of nitrogens with one attached hydrogen (secondary N) is 1. The van der Waals surface area contributed by atoms with E-state index in [1.165, 1.54) is 4.88 Å². The minimum atomic E-state index is 0.249. The third-order valence-electron chi connectivity index (χ3n) is 1.95. The highest BCUT2D eigenvalue weighted by Crippen LogP contribution is 2.21. The van der Waals surface area contributed by atoms with E-state index in [2.05, 4.69) is 29.8 Å². The first-order valence-corrected chi connectivity index (χ1v) is 5.64. The molecule has 0 saturated heterocycles. The van der Waals surface area contributed by atoms with Crippen LogP contribution in [0.5, 0.6) is 0 Å². The number of aliphatic hydroxyl groups is 1. The average Bonchev–Trinajstić information content (AvgIpc) is 2.65. The predicted molar refractivity (Wildman–Crippen MR) is 57.1 cm³/mol. The Morgan fingerprint density at radius 2 is 2.46 bits per heavy atom. The van der Waals surface area contributed by atoms with Gasteiger partial charge < -0.3 is 10.4 Å². The molecule has 0 aliphatic rings. The molecule has 1 aromatic heterocycles. The Balaban J connectivity index is 2.47. The fraction of sp³-hybridized carbons (Fsp3) is 0.600. The van der Waals surface area contributed by atoms with Gasteiger partial charge in [0.1, 0.15) is 0 Å². The third-order valence-corrected chi connectivity index (χ3v) is 2.93. The SMILES string of the molecule is CCCNC(CCO)c1cccs1. The van der Waals surface area contributed by atoms with Crippen LogP contribution in [0.2, 0.25) is 0 Å². The van der Waals surface area contributed by atoms with Crippen LogP contribution in [0.15, 0.2) is 17.5 Å². The highest BCUT2D eigenvalue weighted by Gasteiger charge is 2.09. The van der Waals surface area contributed by atoms with Crippen LogP contribution in [0.25, 0.3) is 0 Å². The van der Waals surface area contributed by atoms with Crippen molar-refractivity contribution >= 4 is 11.3 Å². The van der Waals surface area contributed by atoms with E-state index in [0.29, 0.717) is 6.04 Å². The first kappa shape index (κ1) is 10.7. The van der Waals surface area contributed by atoms with Crippen molar-refractivity contribution in [2.75, 3.05) is 13.2 Å². The van der Waals surface area contributed by atoms with E-state index < -0.39 is 0 Å². The number of hydrogen-bond acceptors (Lipinski definition) is 3. The molecule has 0 fully saturated rings. The summed E-state index contributed by atoms with van der Waals surface area (Å²) in [7, 11) is 0. The van der Waals surface area contributed by atoms with Crippen LogP contribution in [0, 0.1) is 0 Å². The van der Waals surface area contributed by atoms with Gasteiger partial charge in [-0.15, -0.1) is 11.3 Å². The van der Waals surface area contributed by atoms with Gasteiger partial charge in [0, 0.05) is 17.5 Å². The molecule has 0 radical (unpaired) electrons. The monoisotopic (exact) mass is 199 g/mol. The molecular formula is C10H17NOS. The van der Waals surface area contributed by atoms with Gasteiger partial charge in [0.25, 0.3) is 0 Å². The lowest BCUT2D eigenvalue weighted by atomic mass is 10.2. The zero-order valence-electron chi connectivity index (χ0n) is 7.99. The molecule has 0 amide bonds. The predicted octanol–water partition coefficient (Wildman–Crippen LogP) is 2.17. The molecule has 0 saturated carbocycles. The lowest BCUT2D eigenvalue weighted by Crippen LogP contribution is -2.22. The fourth-order valence-corrected chi connectivity index (χ4v) is 2.12. The van der Waals surface area contributed by atoms with Gasteiger partial charge in [0.05, 0.1) is 0 Å². The molecule has 0 aromatic carbocycles. The summed E-state index contributed by atoms with van der Waals surface area (Å²) >= 11 is 1.75. The number of aliphatic hydroxyl groups excluding tert-OH is 1. The van der Waals surface area contributed by atoms with E-state index in [1.807, 2.05) is 0 Å². The summed E-state index contributed by atoms with van der Waals surface area (Å²) in [6.45, 7) is 3.42. The maximum Gasteiger partial charge on any atom is 0.0449 e. The number of thiophene rings is 1. The highest BCUT2D eigenvalue weighted by molar-refractivity contribution is 7.10. The molecule has 2 nitrogen and oxygen atoms in total. The molecule has 0 spiro atoms. The normalized spacial score (nSPS) is 13.1. The van der Waals surface area contributed by atoms with Gasteiger partial charge in [-0.2, -0.15) is 0 Å². The summed E-state index contributed by atoms with van der Waals surface area (Å²) in [6.07, 6.45) is 1.94. The van der Waals surface area contributed by atoms with E-state index in [1.54, 1.807) is 11.3 Å². The van der Waals surface area contributed by atoms with Gasteiger partial charge >= 0.3 is 0 Å². The summed E-state index contributed by atoms with van der Waals surface area (Å²) in [5.74, 6) is 0. The molecule has 74 valence electrons. The fourth-order valence-electron chi connectivity index (χ4n) is 1.28. The molecule has 0 aliphatic heterocycles. The van der Waals surface area contributed by atoms with Crippen molar-refractivity contribution in [2.45, 2.75) is 25.8 Å². The molecular weight excluding hydrogens is 182 g/mol. The molecule has 1 heterocycles. The van der Waals surface area contributed by atoms with Gasteiger partial charge in [-0.3, -0.25) is 0 Å². The van der Waals surface area contributed by atoms with Crippen LogP contribution in [-0.4, -0.2) is 18.3 Å². The Hall–Kier alpha value is -0.380. The van der Waals surface area contributed by atoms with Crippen molar-refractivity contribution in [2.24, 2.45) is 0 Å². The van der Waals surface area contributed by atoms with Crippen LogP contribution in [0.1, 0.15) is 30.7 Å². The van der Waals surface area contributed by atoms with E-state index in [9.17, 15) is 0 Å². The summed E-state index contributed by atoms with van der Waals surface area (Å²) in [5.41, 5.74) is 0. The maximum absolute atomic E-state index is 8.90. The molecule has 1 aromatic rings.